The van der Waals surface area contributed by atoms with Crippen molar-refractivity contribution in [3.63, 3.8) is 0 Å². The van der Waals surface area contributed by atoms with Crippen LogP contribution < -0.4 is 10.1 Å². The maximum atomic E-state index is 13.0. The highest BCUT2D eigenvalue weighted by Gasteiger charge is 2.33. The number of hydrogen-bond acceptors (Lipinski definition) is 3. The van der Waals surface area contributed by atoms with Gasteiger partial charge in [-0.05, 0) is 37.1 Å². The predicted molar refractivity (Wildman–Crippen MR) is 101 cm³/mol. The Labute approximate surface area is 149 Å². The number of nitrogens with one attached hydrogen (secondary N) is 1. The van der Waals surface area contributed by atoms with Gasteiger partial charge in [-0.1, -0.05) is 43.8 Å². The van der Waals surface area contributed by atoms with Crippen LogP contribution in [-0.2, 0) is 0 Å². The summed E-state index contributed by atoms with van der Waals surface area (Å²) >= 11 is 0. The van der Waals surface area contributed by atoms with Crippen LogP contribution in [0.15, 0.2) is 60.7 Å². The van der Waals surface area contributed by atoms with Crippen LogP contribution in [0.25, 0.3) is 0 Å². The van der Waals surface area contributed by atoms with Crippen molar-refractivity contribution in [1.82, 2.24) is 4.90 Å². The van der Waals surface area contributed by atoms with Crippen LogP contribution in [0.1, 0.15) is 42.4 Å². The Bertz CT molecular complexity index is 785. The van der Waals surface area contributed by atoms with Crippen molar-refractivity contribution in [2.45, 2.75) is 26.4 Å². The van der Waals surface area contributed by atoms with E-state index in [-0.39, 0.29) is 12.1 Å². The first-order valence-corrected chi connectivity index (χ1v) is 8.64. The molecule has 0 spiro atoms. The van der Waals surface area contributed by atoms with Gasteiger partial charge < -0.3 is 15.0 Å². The summed E-state index contributed by atoms with van der Waals surface area (Å²) in [6.07, 6.45) is 0.643. The molecule has 0 fully saturated rings. The zero-order valence-electron chi connectivity index (χ0n) is 14.8. The quantitative estimate of drug-likeness (QED) is 0.783. The molecule has 130 valence electrons. The number of ether oxygens (including phenoxy) is 1. The molecular formula is C21H24N2O2. The summed E-state index contributed by atoms with van der Waals surface area (Å²) in [5, 5.41) is 3.51. The van der Waals surface area contributed by atoms with Gasteiger partial charge in [0.25, 0.3) is 5.91 Å². The number of anilines is 1. The van der Waals surface area contributed by atoms with E-state index in [2.05, 4.69) is 18.8 Å². The molecule has 3 rings (SSSR count). The van der Waals surface area contributed by atoms with Crippen molar-refractivity contribution >= 4 is 11.6 Å². The number of hydrogen-bond donors (Lipinski definition) is 1. The molecule has 1 aliphatic heterocycles. The van der Waals surface area contributed by atoms with Crippen LogP contribution in [0.2, 0.25) is 0 Å². The van der Waals surface area contributed by atoms with Crippen molar-refractivity contribution in [1.29, 1.82) is 0 Å². The predicted octanol–water partition coefficient (Wildman–Crippen LogP) is 4.62. The molecular weight excluding hydrogens is 312 g/mol. The number of nitrogens with zero attached hydrogens (tertiary/aromatic N) is 1. The summed E-state index contributed by atoms with van der Waals surface area (Å²) in [5.74, 6) is 0.826. The highest BCUT2D eigenvalue weighted by molar-refractivity contribution is 6.01. The molecule has 0 aliphatic carbocycles. The first-order chi connectivity index (χ1) is 12.1. The van der Waals surface area contributed by atoms with Crippen LogP contribution >= 0.6 is 0 Å². The monoisotopic (exact) mass is 336 g/mol. The van der Waals surface area contributed by atoms with Crippen LogP contribution in [-0.4, -0.2) is 24.0 Å². The lowest BCUT2D eigenvalue weighted by Gasteiger charge is -2.38. The van der Waals surface area contributed by atoms with Gasteiger partial charge in [-0.25, -0.2) is 0 Å². The first-order valence-electron chi connectivity index (χ1n) is 8.64. The molecule has 4 heteroatoms. The van der Waals surface area contributed by atoms with Crippen LogP contribution in [0.5, 0.6) is 5.75 Å². The van der Waals surface area contributed by atoms with Gasteiger partial charge in [-0.15, -0.1) is 0 Å². The normalized spacial score (nSPS) is 16.2. The largest absolute Gasteiger partial charge is 0.489 e. The maximum absolute atomic E-state index is 13.0. The maximum Gasteiger partial charge on any atom is 0.257 e. The lowest BCUT2D eigenvalue weighted by Crippen LogP contribution is -2.43. The minimum atomic E-state index is -0.247. The summed E-state index contributed by atoms with van der Waals surface area (Å²) < 4.78 is 5.92. The van der Waals surface area contributed by atoms with Gasteiger partial charge in [0, 0.05) is 17.8 Å². The van der Waals surface area contributed by atoms with E-state index in [9.17, 15) is 4.79 Å². The molecule has 2 aromatic rings. The molecule has 25 heavy (non-hydrogen) atoms. The molecule has 0 saturated heterocycles. The number of carbonyl (C=O) groups is 1. The van der Waals surface area contributed by atoms with Crippen molar-refractivity contribution in [2.24, 2.45) is 0 Å². The Morgan fingerprint density at radius 2 is 1.92 bits per heavy atom. The molecule has 1 atom stereocenters. The van der Waals surface area contributed by atoms with E-state index in [1.807, 2.05) is 60.4 Å². The Morgan fingerprint density at radius 1 is 1.20 bits per heavy atom. The zero-order valence-corrected chi connectivity index (χ0v) is 14.8. The second-order valence-electron chi connectivity index (χ2n) is 6.37. The smallest absolute Gasteiger partial charge is 0.257 e. The standard InChI is InChI=1S/C21H24N2O2/c1-4-13-23-20(22-18-11-7-5-9-16(18)21(23)24)17-10-6-8-12-19(17)25-14-15(2)3/h5-12,20,22H,2,4,13-14H2,1,3H3. The van der Waals surface area contributed by atoms with Gasteiger partial charge >= 0.3 is 0 Å². The van der Waals surface area contributed by atoms with Crippen LogP contribution in [0.4, 0.5) is 5.69 Å². The second-order valence-corrected chi connectivity index (χ2v) is 6.37. The van der Waals surface area contributed by atoms with Crippen molar-refractivity contribution < 1.29 is 9.53 Å². The molecule has 0 saturated carbocycles. The number of benzene rings is 2. The summed E-state index contributed by atoms with van der Waals surface area (Å²) in [6, 6.07) is 15.5. The fourth-order valence-electron chi connectivity index (χ4n) is 3.05. The second kappa shape index (κ2) is 7.43. The number of rotatable bonds is 6. The van der Waals surface area contributed by atoms with E-state index in [0.717, 1.165) is 29.0 Å². The Morgan fingerprint density at radius 3 is 2.68 bits per heavy atom. The van der Waals surface area contributed by atoms with Gasteiger partial charge in [0.15, 0.2) is 0 Å². The van der Waals surface area contributed by atoms with E-state index in [1.54, 1.807) is 0 Å². The van der Waals surface area contributed by atoms with Crippen LogP contribution in [0.3, 0.4) is 0 Å². The molecule has 0 radical (unpaired) electrons. The average Bonchev–Trinajstić information content (AvgIpc) is 2.62. The van der Waals surface area contributed by atoms with E-state index in [1.165, 1.54) is 0 Å². The Hall–Kier alpha value is -2.75. The zero-order chi connectivity index (χ0) is 17.8. The summed E-state index contributed by atoms with van der Waals surface area (Å²) in [4.78, 5) is 14.9. The van der Waals surface area contributed by atoms with E-state index >= 15 is 0 Å². The summed E-state index contributed by atoms with van der Waals surface area (Å²) in [5.41, 5.74) is 3.49. The lowest BCUT2D eigenvalue weighted by atomic mass is 10.0. The van der Waals surface area contributed by atoms with Crippen molar-refractivity contribution in [2.75, 3.05) is 18.5 Å². The van der Waals surface area contributed by atoms with Gasteiger partial charge in [0.2, 0.25) is 0 Å². The minimum Gasteiger partial charge on any atom is -0.489 e. The molecule has 1 N–H and O–H groups in total. The molecule has 0 bridgehead atoms. The Balaban J connectivity index is 2.00. The average molecular weight is 336 g/mol. The SMILES string of the molecule is C=C(C)COc1ccccc1C1Nc2ccccc2C(=O)N1CCC. The third-order valence-electron chi connectivity index (χ3n) is 4.17. The summed E-state index contributed by atoms with van der Waals surface area (Å²) in [6.45, 7) is 9.05. The van der Waals surface area contributed by atoms with Crippen molar-refractivity contribution in [3.05, 3.63) is 71.8 Å². The van der Waals surface area contributed by atoms with E-state index in [4.69, 9.17) is 4.74 Å². The fraction of sp³-hybridized carbons (Fsp3) is 0.286. The van der Waals surface area contributed by atoms with Crippen molar-refractivity contribution in [3.8, 4) is 5.75 Å². The first kappa shape index (κ1) is 17.1. The van der Waals surface area contributed by atoms with Gasteiger partial charge in [-0.2, -0.15) is 0 Å². The molecule has 2 aromatic carbocycles. The van der Waals surface area contributed by atoms with Gasteiger partial charge in [0.1, 0.15) is 18.5 Å². The molecule has 4 nitrogen and oxygen atoms in total. The topological polar surface area (TPSA) is 41.6 Å². The molecule has 1 amide bonds. The number of para-hydroxylation sites is 2. The summed E-state index contributed by atoms with van der Waals surface area (Å²) in [7, 11) is 0. The third-order valence-corrected chi connectivity index (χ3v) is 4.17. The molecule has 1 aliphatic rings. The van der Waals surface area contributed by atoms with Gasteiger partial charge in [0.05, 0.1) is 5.56 Å². The minimum absolute atomic E-state index is 0.0518. The Kier molecular flexibility index (Phi) is 5.08. The molecule has 1 unspecified atom stereocenters. The molecule has 0 aromatic heterocycles. The third kappa shape index (κ3) is 3.53. The van der Waals surface area contributed by atoms with Gasteiger partial charge in [-0.3, -0.25) is 4.79 Å². The lowest BCUT2D eigenvalue weighted by molar-refractivity contribution is 0.0681. The van der Waals surface area contributed by atoms with E-state index < -0.39 is 0 Å². The molecule has 1 heterocycles. The fourth-order valence-corrected chi connectivity index (χ4v) is 3.05. The highest BCUT2D eigenvalue weighted by atomic mass is 16.5. The highest BCUT2D eigenvalue weighted by Crippen LogP contribution is 2.36. The number of amides is 1. The number of carbonyl (C=O) groups excluding carboxylic acids is 1. The van der Waals surface area contributed by atoms with E-state index in [0.29, 0.717) is 18.7 Å². The van der Waals surface area contributed by atoms with Crippen LogP contribution in [0, 0.1) is 0 Å². The number of fused-ring (bicyclic) bond motifs is 1.